The van der Waals surface area contributed by atoms with Gasteiger partial charge in [-0.15, -0.1) is 0 Å². The Bertz CT molecular complexity index is 1630. The van der Waals surface area contributed by atoms with E-state index in [1.165, 1.54) is 0 Å². The van der Waals surface area contributed by atoms with Crippen molar-refractivity contribution in [3.63, 3.8) is 0 Å². The molecule has 3 N–H and O–H groups in total. The molecule has 0 spiro atoms. The van der Waals surface area contributed by atoms with E-state index in [0.29, 0.717) is 11.4 Å². The lowest BCUT2D eigenvalue weighted by Crippen LogP contribution is -2.47. The van der Waals surface area contributed by atoms with Crippen LogP contribution in [0.1, 0.15) is 0 Å². The quantitative estimate of drug-likeness (QED) is 0.244. The number of benzene rings is 3. The molecule has 0 saturated carbocycles. The zero-order valence-electron chi connectivity index (χ0n) is 21.4. The van der Waals surface area contributed by atoms with Crippen LogP contribution in [0.15, 0.2) is 54.6 Å². The summed E-state index contributed by atoms with van der Waals surface area (Å²) in [6, 6.07) is 18.0. The molecule has 38 heavy (non-hydrogen) atoms. The molecule has 0 bridgehead atoms. The van der Waals surface area contributed by atoms with Crippen molar-refractivity contribution in [2.75, 3.05) is 58.5 Å². The second kappa shape index (κ2) is 10.4. The number of hydrogen-bond acceptors (Lipinski definition) is 7. The summed E-state index contributed by atoms with van der Waals surface area (Å²) in [6.45, 7) is 5.25. The van der Waals surface area contributed by atoms with Gasteiger partial charge in [0.15, 0.2) is 4.77 Å². The van der Waals surface area contributed by atoms with Gasteiger partial charge in [-0.25, -0.2) is 4.98 Å². The van der Waals surface area contributed by atoms with Crippen LogP contribution < -0.4 is 19.1 Å². The number of H-pyrrole nitrogens is 3. The van der Waals surface area contributed by atoms with E-state index in [4.69, 9.17) is 31.4 Å². The zero-order valence-corrected chi connectivity index (χ0v) is 22.2. The maximum atomic E-state index is 6.10. The molecule has 196 valence electrons. The summed E-state index contributed by atoms with van der Waals surface area (Å²) in [6.07, 6.45) is 0. The molecule has 1 aliphatic heterocycles. The van der Waals surface area contributed by atoms with E-state index in [0.717, 1.165) is 89.1 Å². The third-order valence-corrected chi connectivity index (χ3v) is 7.25. The molecule has 0 aliphatic carbocycles. The third kappa shape index (κ3) is 4.68. The maximum absolute atomic E-state index is 6.10. The second-order valence-corrected chi connectivity index (χ2v) is 9.67. The Balaban J connectivity index is 1.12. The van der Waals surface area contributed by atoms with E-state index < -0.39 is 0 Å². The Morgan fingerprint density at radius 2 is 1.68 bits per heavy atom. The van der Waals surface area contributed by atoms with E-state index in [2.05, 4.69) is 43.0 Å². The molecule has 3 aromatic carbocycles. The molecule has 2 aromatic heterocycles. The number of methoxy groups -OCH3 is 2. The zero-order chi connectivity index (χ0) is 26.1. The largest absolute Gasteiger partial charge is 0.497 e. The Morgan fingerprint density at radius 1 is 0.868 bits per heavy atom. The summed E-state index contributed by atoms with van der Waals surface area (Å²) in [5.74, 6) is 3.07. The maximum Gasteiger partial charge on any atom is 0.175 e. The van der Waals surface area contributed by atoms with Crippen LogP contribution in [-0.4, -0.2) is 78.4 Å². The van der Waals surface area contributed by atoms with Crippen LogP contribution in [0.2, 0.25) is 0 Å². The van der Waals surface area contributed by atoms with Gasteiger partial charge in [0.1, 0.15) is 40.7 Å². The number of anilines is 1. The van der Waals surface area contributed by atoms with Gasteiger partial charge in [0.05, 0.1) is 36.5 Å². The van der Waals surface area contributed by atoms with Gasteiger partial charge in [-0.05, 0) is 48.6 Å². The van der Waals surface area contributed by atoms with E-state index in [1.54, 1.807) is 14.2 Å². The molecule has 1 saturated heterocycles. The summed E-state index contributed by atoms with van der Waals surface area (Å²) in [5, 5.41) is 0. The number of rotatable bonds is 8. The van der Waals surface area contributed by atoms with Crippen LogP contribution >= 0.6 is 12.2 Å². The molecule has 0 atom stereocenters. The molecular weight excluding hydrogens is 500 g/mol. The number of fused-ring (bicyclic) bond motifs is 2. The Kier molecular flexibility index (Phi) is 6.65. The fourth-order valence-electron chi connectivity index (χ4n) is 5.04. The highest BCUT2D eigenvalue weighted by molar-refractivity contribution is 7.71. The minimum atomic E-state index is 0.606. The van der Waals surface area contributed by atoms with Crippen molar-refractivity contribution < 1.29 is 14.2 Å². The number of ether oxygens (including phenoxy) is 3. The molecule has 1 aliphatic rings. The van der Waals surface area contributed by atoms with Gasteiger partial charge < -0.3 is 34.1 Å². The molecule has 0 radical (unpaired) electrons. The van der Waals surface area contributed by atoms with Crippen molar-refractivity contribution in [1.29, 1.82) is 0 Å². The molecule has 5 aromatic rings. The van der Waals surface area contributed by atoms with Crippen LogP contribution in [0, 0.1) is 4.77 Å². The monoisotopic (exact) mass is 530 g/mol. The molecule has 6 rings (SSSR count). The van der Waals surface area contributed by atoms with Gasteiger partial charge in [-0.1, -0.05) is 12.1 Å². The fourth-order valence-corrected chi connectivity index (χ4v) is 5.25. The first kappa shape index (κ1) is 24.3. The van der Waals surface area contributed by atoms with Crippen molar-refractivity contribution >= 4 is 40.0 Å². The number of nitrogens with zero attached hydrogens (tertiary/aromatic N) is 3. The van der Waals surface area contributed by atoms with Crippen molar-refractivity contribution in [3.8, 4) is 28.6 Å². The normalized spacial score (nSPS) is 14.3. The molecule has 9 nitrogen and oxygen atoms in total. The molecule has 0 amide bonds. The van der Waals surface area contributed by atoms with Gasteiger partial charge in [0.2, 0.25) is 0 Å². The van der Waals surface area contributed by atoms with E-state index in [9.17, 15) is 0 Å². The van der Waals surface area contributed by atoms with Gasteiger partial charge >= 0.3 is 0 Å². The lowest BCUT2D eigenvalue weighted by molar-refractivity contribution is 0.201. The fraction of sp³-hybridized carbons (Fsp3) is 0.286. The van der Waals surface area contributed by atoms with E-state index in [-0.39, 0.29) is 0 Å². The standard InChI is InChI=1S/C28H30N6O3S/c1-35-18-9-10-19(24(17-18)36-2)27-29-20-5-3-7-22(25(20)31-27)34-13-11-33(12-14-34)15-16-37-23-8-4-6-21-26(23)32-28(38)30-21/h3-10,17H,11-16H2,1-2H3,(H,29,31)(H2,30,32,38). The molecule has 3 heterocycles. The van der Waals surface area contributed by atoms with Crippen LogP contribution in [0.3, 0.4) is 0 Å². The Morgan fingerprint density at radius 3 is 2.50 bits per heavy atom. The summed E-state index contributed by atoms with van der Waals surface area (Å²) in [4.78, 5) is 19.6. The van der Waals surface area contributed by atoms with Crippen LogP contribution in [0.4, 0.5) is 5.69 Å². The molecule has 1 fully saturated rings. The predicted octanol–water partition coefficient (Wildman–Crippen LogP) is 4.99. The van der Waals surface area contributed by atoms with Crippen LogP contribution in [0.25, 0.3) is 33.5 Å². The first-order chi connectivity index (χ1) is 18.6. The van der Waals surface area contributed by atoms with Gasteiger partial charge in [-0.2, -0.15) is 0 Å². The highest BCUT2D eigenvalue weighted by Gasteiger charge is 2.21. The molecule has 10 heteroatoms. The average Bonchev–Trinajstić information content (AvgIpc) is 3.56. The number of aromatic amines is 3. The number of hydrogen-bond donors (Lipinski definition) is 3. The highest BCUT2D eigenvalue weighted by atomic mass is 32.1. The highest BCUT2D eigenvalue weighted by Crippen LogP contribution is 2.35. The topological polar surface area (TPSA) is 94.4 Å². The Hall–Kier alpha value is -4.02. The van der Waals surface area contributed by atoms with Crippen molar-refractivity contribution in [3.05, 3.63) is 59.4 Å². The summed E-state index contributed by atoms with van der Waals surface area (Å²) in [7, 11) is 3.31. The molecule has 0 unspecified atom stereocenters. The minimum Gasteiger partial charge on any atom is -0.497 e. The number of piperazine rings is 1. The SMILES string of the molecule is COc1ccc(-c2nc3c(N4CCN(CCOc5cccc6[nH]c(=S)[nH]c56)CC4)cccc3[nH]2)c(OC)c1. The van der Waals surface area contributed by atoms with Crippen molar-refractivity contribution in [2.24, 2.45) is 0 Å². The summed E-state index contributed by atoms with van der Waals surface area (Å²) in [5.41, 5.74) is 5.89. The Labute approximate surface area is 225 Å². The first-order valence-corrected chi connectivity index (χ1v) is 13.1. The number of nitrogens with one attached hydrogen (secondary N) is 3. The molecular formula is C28H30N6O3S. The van der Waals surface area contributed by atoms with E-state index in [1.807, 2.05) is 36.4 Å². The number of aromatic nitrogens is 4. The summed E-state index contributed by atoms with van der Waals surface area (Å²) < 4.78 is 17.7. The van der Waals surface area contributed by atoms with E-state index >= 15 is 0 Å². The minimum absolute atomic E-state index is 0.606. The summed E-state index contributed by atoms with van der Waals surface area (Å²) >= 11 is 5.22. The van der Waals surface area contributed by atoms with Crippen LogP contribution in [-0.2, 0) is 0 Å². The average molecular weight is 531 g/mol. The number of imidazole rings is 2. The van der Waals surface area contributed by atoms with Gasteiger partial charge in [-0.3, -0.25) is 4.90 Å². The van der Waals surface area contributed by atoms with Crippen molar-refractivity contribution in [2.45, 2.75) is 0 Å². The first-order valence-electron chi connectivity index (χ1n) is 12.6. The third-order valence-electron chi connectivity index (χ3n) is 7.05. The lowest BCUT2D eigenvalue weighted by atomic mass is 10.2. The van der Waals surface area contributed by atoms with Gasteiger partial charge in [0, 0.05) is 38.8 Å². The van der Waals surface area contributed by atoms with Gasteiger partial charge in [0.25, 0.3) is 0 Å². The second-order valence-electron chi connectivity index (χ2n) is 9.26. The predicted molar refractivity (Wildman–Crippen MR) is 152 cm³/mol. The van der Waals surface area contributed by atoms with Crippen LogP contribution in [0.5, 0.6) is 17.2 Å². The van der Waals surface area contributed by atoms with Crippen molar-refractivity contribution in [1.82, 2.24) is 24.8 Å². The smallest absolute Gasteiger partial charge is 0.175 e. The lowest BCUT2D eigenvalue weighted by Gasteiger charge is -2.36. The number of para-hydroxylation sites is 2.